The van der Waals surface area contributed by atoms with Crippen molar-refractivity contribution in [3.8, 4) is 11.4 Å². The Morgan fingerprint density at radius 3 is 2.21 bits per heavy atom. The van der Waals surface area contributed by atoms with Crippen LogP contribution in [0.3, 0.4) is 0 Å². The fraction of sp³-hybridized carbons (Fsp3) is 0. The van der Waals surface area contributed by atoms with E-state index >= 15 is 0 Å². The van der Waals surface area contributed by atoms with Crippen LogP contribution in [0.5, 0.6) is 0 Å². The average molecular weight is 500 g/mol. The summed E-state index contributed by atoms with van der Waals surface area (Å²) in [6.07, 6.45) is 1.53. The van der Waals surface area contributed by atoms with Gasteiger partial charge in [0.1, 0.15) is 5.52 Å². The summed E-state index contributed by atoms with van der Waals surface area (Å²) in [5, 5.41) is 7.40. The standard InChI is InChI=1S/C35H21N3O/c1-2-10-23(11-3-1)37-29-19-17-22-9-4-5-12-24(22)32(29)33-30(37)20-18-26-25-13-6-7-15-28(25)38(34(26)33)31-16-8-14-27-35(31)39-21-36-27/h1-21H. The van der Waals surface area contributed by atoms with Gasteiger partial charge in [-0.25, -0.2) is 4.98 Å². The maximum Gasteiger partial charge on any atom is 0.182 e. The number of oxazole rings is 1. The first-order chi connectivity index (χ1) is 19.4. The third-order valence-corrected chi connectivity index (χ3v) is 8.04. The first kappa shape index (κ1) is 20.7. The molecule has 0 aliphatic carbocycles. The minimum Gasteiger partial charge on any atom is -0.441 e. The minimum absolute atomic E-state index is 0.786. The molecule has 0 N–H and O–H groups in total. The second kappa shape index (κ2) is 7.59. The molecule has 0 fully saturated rings. The highest BCUT2D eigenvalue weighted by atomic mass is 16.3. The fourth-order valence-corrected chi connectivity index (χ4v) is 6.47. The first-order valence-electron chi connectivity index (χ1n) is 13.1. The van der Waals surface area contributed by atoms with E-state index in [0.717, 1.165) is 28.0 Å². The van der Waals surface area contributed by atoms with Crippen molar-refractivity contribution in [2.24, 2.45) is 0 Å². The largest absolute Gasteiger partial charge is 0.441 e. The molecule has 3 aromatic heterocycles. The predicted molar refractivity (Wildman–Crippen MR) is 160 cm³/mol. The lowest BCUT2D eigenvalue weighted by atomic mass is 10.0. The zero-order chi connectivity index (χ0) is 25.5. The quantitative estimate of drug-likeness (QED) is 0.238. The smallest absolute Gasteiger partial charge is 0.182 e. The second-order valence-electron chi connectivity index (χ2n) is 10.0. The molecule has 9 rings (SSSR count). The van der Waals surface area contributed by atoms with Crippen molar-refractivity contribution >= 4 is 65.5 Å². The highest BCUT2D eigenvalue weighted by Gasteiger charge is 2.23. The molecule has 182 valence electrons. The molecule has 0 bridgehead atoms. The Labute approximate surface area is 222 Å². The number of hydrogen-bond donors (Lipinski definition) is 0. The molecule has 0 saturated heterocycles. The normalized spacial score (nSPS) is 12.1. The molecule has 0 radical (unpaired) electrons. The van der Waals surface area contributed by atoms with Gasteiger partial charge < -0.3 is 13.6 Å². The number of aromatic nitrogens is 3. The monoisotopic (exact) mass is 499 g/mol. The van der Waals surface area contributed by atoms with Crippen LogP contribution in [0.1, 0.15) is 0 Å². The Morgan fingerprint density at radius 2 is 1.28 bits per heavy atom. The van der Waals surface area contributed by atoms with Gasteiger partial charge in [-0.05, 0) is 53.2 Å². The van der Waals surface area contributed by atoms with Gasteiger partial charge in [0.15, 0.2) is 12.0 Å². The Morgan fingerprint density at radius 1 is 0.513 bits per heavy atom. The van der Waals surface area contributed by atoms with E-state index in [-0.39, 0.29) is 0 Å². The molecule has 0 spiro atoms. The van der Waals surface area contributed by atoms with Gasteiger partial charge in [0.25, 0.3) is 0 Å². The molecule has 39 heavy (non-hydrogen) atoms. The van der Waals surface area contributed by atoms with Crippen LogP contribution in [-0.4, -0.2) is 14.1 Å². The zero-order valence-electron chi connectivity index (χ0n) is 20.9. The molecule has 0 saturated carbocycles. The van der Waals surface area contributed by atoms with E-state index in [2.05, 4.69) is 129 Å². The molecule has 4 heteroatoms. The van der Waals surface area contributed by atoms with Crippen LogP contribution >= 0.6 is 0 Å². The highest BCUT2D eigenvalue weighted by Crippen LogP contribution is 2.44. The minimum atomic E-state index is 0.786. The highest BCUT2D eigenvalue weighted by molar-refractivity contribution is 6.31. The van der Waals surface area contributed by atoms with Gasteiger partial charge in [-0.2, -0.15) is 0 Å². The molecule has 3 heterocycles. The lowest BCUT2D eigenvalue weighted by Crippen LogP contribution is -1.95. The van der Waals surface area contributed by atoms with Gasteiger partial charge in [-0.15, -0.1) is 0 Å². The third kappa shape index (κ3) is 2.70. The van der Waals surface area contributed by atoms with Gasteiger partial charge >= 0.3 is 0 Å². The van der Waals surface area contributed by atoms with Gasteiger partial charge in [0.2, 0.25) is 0 Å². The van der Waals surface area contributed by atoms with E-state index < -0.39 is 0 Å². The summed E-state index contributed by atoms with van der Waals surface area (Å²) in [5.74, 6) is 0. The molecule has 0 unspecified atom stereocenters. The van der Waals surface area contributed by atoms with E-state index in [9.17, 15) is 0 Å². The van der Waals surface area contributed by atoms with Crippen LogP contribution in [0, 0.1) is 0 Å². The zero-order valence-corrected chi connectivity index (χ0v) is 20.9. The number of fused-ring (bicyclic) bond motifs is 10. The Balaban J connectivity index is 1.61. The van der Waals surface area contributed by atoms with E-state index in [1.54, 1.807) is 0 Å². The molecular weight excluding hydrogens is 478 g/mol. The predicted octanol–water partition coefficient (Wildman–Crippen LogP) is 9.18. The van der Waals surface area contributed by atoms with Crippen LogP contribution in [0.15, 0.2) is 132 Å². The van der Waals surface area contributed by atoms with Gasteiger partial charge in [0, 0.05) is 27.2 Å². The van der Waals surface area contributed by atoms with Crippen LogP contribution < -0.4 is 0 Å². The molecular formula is C35H21N3O. The van der Waals surface area contributed by atoms with E-state index in [1.807, 2.05) is 6.07 Å². The summed E-state index contributed by atoms with van der Waals surface area (Å²) >= 11 is 0. The van der Waals surface area contributed by atoms with Crippen molar-refractivity contribution in [3.63, 3.8) is 0 Å². The first-order valence-corrected chi connectivity index (χ1v) is 13.1. The van der Waals surface area contributed by atoms with Crippen molar-refractivity contribution in [1.29, 1.82) is 0 Å². The summed E-state index contributed by atoms with van der Waals surface area (Å²) in [7, 11) is 0. The van der Waals surface area contributed by atoms with Gasteiger partial charge in [0.05, 0.1) is 27.8 Å². The molecule has 6 aromatic carbocycles. The lowest BCUT2D eigenvalue weighted by molar-refractivity contribution is 0.600. The van der Waals surface area contributed by atoms with Crippen molar-refractivity contribution in [3.05, 3.63) is 128 Å². The summed E-state index contributed by atoms with van der Waals surface area (Å²) in [6.45, 7) is 0. The molecule has 0 aliphatic heterocycles. The number of hydrogen-bond acceptors (Lipinski definition) is 2. The molecule has 9 aromatic rings. The molecule has 0 amide bonds. The number of rotatable bonds is 2. The summed E-state index contributed by atoms with van der Waals surface area (Å²) < 4.78 is 10.7. The van der Waals surface area contributed by atoms with Crippen molar-refractivity contribution in [2.75, 3.05) is 0 Å². The second-order valence-corrected chi connectivity index (χ2v) is 10.0. The average Bonchev–Trinajstić information content (AvgIpc) is 3.70. The topological polar surface area (TPSA) is 35.9 Å². The SMILES string of the molecule is c1ccc(-n2c3ccc4ccccc4c3c3c2ccc2c4ccccc4n(-c4cccc5ncoc45)c23)cc1. The lowest BCUT2D eigenvalue weighted by Gasteiger charge is -2.10. The third-order valence-electron chi connectivity index (χ3n) is 8.04. The maximum absolute atomic E-state index is 5.98. The summed E-state index contributed by atoms with van der Waals surface area (Å²) in [4.78, 5) is 4.46. The van der Waals surface area contributed by atoms with E-state index in [0.29, 0.717) is 0 Å². The Hall–Kier alpha value is -5.35. The number of para-hydroxylation sites is 3. The van der Waals surface area contributed by atoms with Crippen molar-refractivity contribution < 1.29 is 4.42 Å². The van der Waals surface area contributed by atoms with Crippen LogP contribution in [-0.2, 0) is 0 Å². The van der Waals surface area contributed by atoms with Crippen LogP contribution in [0.25, 0.3) is 76.9 Å². The summed E-state index contributed by atoms with van der Waals surface area (Å²) in [5.41, 5.74) is 8.46. The summed E-state index contributed by atoms with van der Waals surface area (Å²) in [6, 6.07) is 43.2. The molecule has 4 nitrogen and oxygen atoms in total. The maximum atomic E-state index is 5.98. The van der Waals surface area contributed by atoms with Gasteiger partial charge in [-0.1, -0.05) is 78.9 Å². The molecule has 0 aliphatic rings. The Kier molecular flexibility index (Phi) is 4.02. The van der Waals surface area contributed by atoms with Crippen LogP contribution in [0.4, 0.5) is 0 Å². The van der Waals surface area contributed by atoms with E-state index in [1.165, 1.54) is 55.3 Å². The van der Waals surface area contributed by atoms with Gasteiger partial charge in [-0.3, -0.25) is 0 Å². The van der Waals surface area contributed by atoms with Crippen molar-refractivity contribution in [2.45, 2.75) is 0 Å². The van der Waals surface area contributed by atoms with Crippen molar-refractivity contribution in [1.82, 2.24) is 14.1 Å². The fourth-order valence-electron chi connectivity index (χ4n) is 6.47. The Bertz CT molecular complexity index is 2390. The molecule has 0 atom stereocenters. The van der Waals surface area contributed by atoms with Crippen LogP contribution in [0.2, 0.25) is 0 Å². The number of nitrogens with zero attached hydrogens (tertiary/aromatic N) is 3. The van der Waals surface area contributed by atoms with E-state index in [4.69, 9.17) is 4.42 Å². The number of benzene rings is 6.